The Bertz CT molecular complexity index is 961. The van der Waals surface area contributed by atoms with Gasteiger partial charge in [-0.25, -0.2) is 14.4 Å². The maximum absolute atomic E-state index is 12.7. The van der Waals surface area contributed by atoms with Crippen LogP contribution in [0.25, 0.3) is 0 Å². The number of cyclic esters (lactones) is 1. The molecule has 1 heterocycles. The molecular weight excluding hydrogens is 448 g/mol. The van der Waals surface area contributed by atoms with E-state index in [1.807, 2.05) is 0 Å². The summed E-state index contributed by atoms with van der Waals surface area (Å²) < 4.78 is 26.1. The molecule has 0 unspecified atom stereocenters. The van der Waals surface area contributed by atoms with Crippen molar-refractivity contribution in [3.8, 4) is 0 Å². The fraction of sp³-hybridized carbons (Fsp3) is 0.458. The molecule has 0 aromatic rings. The molecule has 5 atom stereocenters. The Morgan fingerprint density at radius 2 is 1.76 bits per heavy atom. The van der Waals surface area contributed by atoms with Crippen molar-refractivity contribution >= 4 is 29.8 Å². The topological polar surface area (TPSA) is 132 Å². The summed E-state index contributed by atoms with van der Waals surface area (Å²) in [6.45, 7) is 16.8. The largest absolute Gasteiger partial charge is 0.466 e. The average Bonchev–Trinajstić information content (AvgIpc) is 2.78. The van der Waals surface area contributed by atoms with E-state index < -0.39 is 65.9 Å². The van der Waals surface area contributed by atoms with Gasteiger partial charge in [-0.2, -0.15) is 0 Å². The van der Waals surface area contributed by atoms with Crippen molar-refractivity contribution in [1.29, 1.82) is 0 Å². The van der Waals surface area contributed by atoms with Crippen molar-refractivity contribution in [2.45, 2.75) is 32.5 Å². The van der Waals surface area contributed by atoms with Gasteiger partial charge in [0, 0.05) is 36.3 Å². The average molecular weight is 476 g/mol. The van der Waals surface area contributed by atoms with Crippen LogP contribution in [0.15, 0.2) is 49.1 Å². The molecule has 10 nitrogen and oxygen atoms in total. The third kappa shape index (κ3) is 5.27. The molecule has 2 aliphatic rings. The summed E-state index contributed by atoms with van der Waals surface area (Å²) in [7, 11) is 1.14. The Balaban J connectivity index is 2.56. The van der Waals surface area contributed by atoms with Crippen LogP contribution in [0.3, 0.4) is 0 Å². The van der Waals surface area contributed by atoms with Crippen molar-refractivity contribution in [2.24, 2.45) is 17.3 Å². The van der Waals surface area contributed by atoms with Crippen LogP contribution in [0.4, 0.5) is 0 Å². The number of carbonyl (C=O) groups excluding carboxylic acids is 5. The quantitative estimate of drug-likeness (QED) is 0.220. The molecule has 1 saturated heterocycles. The van der Waals surface area contributed by atoms with Gasteiger partial charge in [0.2, 0.25) is 0 Å². The van der Waals surface area contributed by atoms with Gasteiger partial charge in [0.05, 0.1) is 18.6 Å². The van der Waals surface area contributed by atoms with Crippen molar-refractivity contribution in [3.63, 3.8) is 0 Å². The predicted octanol–water partition coefficient (Wildman–Crippen LogP) is 1.60. The highest BCUT2D eigenvalue weighted by atomic mass is 16.6. The Hall–Kier alpha value is -3.69. The Labute approximate surface area is 197 Å². The molecular formula is C24H28O10. The molecule has 0 spiro atoms. The molecule has 1 saturated carbocycles. The van der Waals surface area contributed by atoms with Crippen molar-refractivity contribution in [1.82, 2.24) is 0 Å². The molecule has 1 aliphatic carbocycles. The van der Waals surface area contributed by atoms with E-state index >= 15 is 0 Å². The standard InChI is InChI=1S/C24H28O10/c1-8-24-9-17(34-21(27)12(2)10-31-15(5)25)18(13(3)22(28)30-7)20(33-16(6)26)19(24)14(4)23(29)32-11-24/h8,17-20H,1-4,9-11H2,5-7H3/t17-,18+,19+,20-,24+/m1/s1. The van der Waals surface area contributed by atoms with Gasteiger partial charge in [0.15, 0.2) is 0 Å². The molecule has 0 aromatic carbocycles. The van der Waals surface area contributed by atoms with Crippen LogP contribution in [0.1, 0.15) is 20.3 Å². The molecule has 184 valence electrons. The SMILES string of the molecule is C=C[C@]12COC(=O)C(=C)[C@H]1[C@H](OC(C)=O)[C@@H](C(=C)C(=O)OC)[C@H](OC(=O)C(=C)COC(C)=O)C2. The minimum absolute atomic E-state index is 0.0177. The van der Waals surface area contributed by atoms with Gasteiger partial charge in [-0.1, -0.05) is 25.8 Å². The first-order valence-corrected chi connectivity index (χ1v) is 10.3. The Kier molecular flexibility index (Phi) is 8.20. The van der Waals surface area contributed by atoms with E-state index in [1.165, 1.54) is 13.0 Å². The molecule has 10 heteroatoms. The lowest BCUT2D eigenvalue weighted by atomic mass is 9.56. The number of esters is 5. The number of hydrogen-bond acceptors (Lipinski definition) is 10. The zero-order valence-electron chi connectivity index (χ0n) is 19.4. The van der Waals surface area contributed by atoms with E-state index in [0.29, 0.717) is 0 Å². The summed E-state index contributed by atoms with van der Waals surface area (Å²) in [4.78, 5) is 60.6. The minimum Gasteiger partial charge on any atom is -0.466 e. The van der Waals surface area contributed by atoms with E-state index in [-0.39, 0.29) is 29.7 Å². The minimum atomic E-state index is -1.18. The van der Waals surface area contributed by atoms with Crippen molar-refractivity contribution in [3.05, 3.63) is 49.1 Å². The van der Waals surface area contributed by atoms with Crippen molar-refractivity contribution in [2.75, 3.05) is 20.3 Å². The highest BCUT2D eigenvalue weighted by molar-refractivity contribution is 5.92. The van der Waals surface area contributed by atoms with Crippen LogP contribution >= 0.6 is 0 Å². The van der Waals surface area contributed by atoms with Crippen LogP contribution in [0.2, 0.25) is 0 Å². The summed E-state index contributed by atoms with van der Waals surface area (Å²) in [5.41, 5.74) is -1.30. The fourth-order valence-corrected chi connectivity index (χ4v) is 4.36. The van der Waals surface area contributed by atoms with Crippen LogP contribution < -0.4 is 0 Å². The summed E-state index contributed by atoms with van der Waals surface area (Å²) in [6, 6.07) is 0. The normalized spacial score (nSPS) is 27.9. The first kappa shape index (κ1) is 26.6. The molecule has 0 aromatic heterocycles. The van der Waals surface area contributed by atoms with E-state index in [2.05, 4.69) is 26.3 Å². The van der Waals surface area contributed by atoms with Gasteiger partial charge < -0.3 is 23.7 Å². The van der Waals surface area contributed by atoms with Gasteiger partial charge in [0.1, 0.15) is 25.4 Å². The fourth-order valence-electron chi connectivity index (χ4n) is 4.36. The molecule has 0 bridgehead atoms. The first-order chi connectivity index (χ1) is 15.9. The second-order valence-corrected chi connectivity index (χ2v) is 8.16. The van der Waals surface area contributed by atoms with Crippen LogP contribution in [-0.2, 0) is 47.7 Å². The van der Waals surface area contributed by atoms with Crippen LogP contribution in [-0.4, -0.2) is 62.4 Å². The maximum atomic E-state index is 12.7. The van der Waals surface area contributed by atoms with Gasteiger partial charge in [-0.15, -0.1) is 6.58 Å². The highest BCUT2D eigenvalue weighted by Crippen LogP contribution is 2.53. The van der Waals surface area contributed by atoms with E-state index in [1.54, 1.807) is 0 Å². The Morgan fingerprint density at radius 3 is 2.29 bits per heavy atom. The number of methoxy groups -OCH3 is 1. The van der Waals surface area contributed by atoms with Crippen LogP contribution in [0.5, 0.6) is 0 Å². The van der Waals surface area contributed by atoms with E-state index in [9.17, 15) is 24.0 Å². The number of carbonyl (C=O) groups is 5. The first-order valence-electron chi connectivity index (χ1n) is 10.3. The predicted molar refractivity (Wildman–Crippen MR) is 117 cm³/mol. The third-order valence-corrected chi connectivity index (χ3v) is 5.95. The van der Waals surface area contributed by atoms with Crippen molar-refractivity contribution < 1.29 is 47.7 Å². The molecule has 2 fully saturated rings. The monoisotopic (exact) mass is 476 g/mol. The van der Waals surface area contributed by atoms with Gasteiger partial charge >= 0.3 is 29.8 Å². The smallest absolute Gasteiger partial charge is 0.337 e. The number of hydrogen-bond donors (Lipinski definition) is 0. The van der Waals surface area contributed by atoms with E-state index in [4.69, 9.17) is 23.7 Å². The third-order valence-electron chi connectivity index (χ3n) is 5.95. The number of ether oxygens (including phenoxy) is 5. The second-order valence-electron chi connectivity index (χ2n) is 8.16. The van der Waals surface area contributed by atoms with Gasteiger partial charge in [-0.05, 0) is 6.42 Å². The summed E-state index contributed by atoms with van der Waals surface area (Å²) >= 11 is 0. The zero-order valence-corrected chi connectivity index (χ0v) is 19.4. The number of fused-ring (bicyclic) bond motifs is 1. The van der Waals surface area contributed by atoms with E-state index in [0.717, 1.165) is 14.0 Å². The lowest BCUT2D eigenvalue weighted by molar-refractivity contribution is -0.188. The molecule has 0 N–H and O–H groups in total. The molecule has 0 amide bonds. The summed E-state index contributed by atoms with van der Waals surface area (Å²) in [5.74, 6) is -5.66. The van der Waals surface area contributed by atoms with Gasteiger partial charge in [0.25, 0.3) is 0 Å². The number of rotatable bonds is 8. The Morgan fingerprint density at radius 1 is 1.12 bits per heavy atom. The maximum Gasteiger partial charge on any atom is 0.337 e. The second kappa shape index (κ2) is 10.5. The lowest BCUT2D eigenvalue weighted by Gasteiger charge is -2.53. The summed E-state index contributed by atoms with van der Waals surface area (Å²) in [6.07, 6.45) is -0.734. The molecule has 0 radical (unpaired) electrons. The highest BCUT2D eigenvalue weighted by Gasteiger charge is 2.60. The van der Waals surface area contributed by atoms with Gasteiger partial charge in [-0.3, -0.25) is 9.59 Å². The molecule has 34 heavy (non-hydrogen) atoms. The molecule has 2 rings (SSSR count). The van der Waals surface area contributed by atoms with Crippen LogP contribution in [0, 0.1) is 17.3 Å². The zero-order chi connectivity index (χ0) is 25.8. The lowest BCUT2D eigenvalue weighted by Crippen LogP contribution is -2.60. The molecule has 1 aliphatic heterocycles. The summed E-state index contributed by atoms with van der Waals surface area (Å²) in [5, 5.41) is 0.